The largest absolute Gasteiger partial charge is 0.477 e. The highest BCUT2D eigenvalue weighted by atomic mass is 35.5. The van der Waals surface area contributed by atoms with Crippen molar-refractivity contribution in [2.45, 2.75) is 52.5 Å². The van der Waals surface area contributed by atoms with Crippen molar-refractivity contribution >= 4 is 40.4 Å². The second kappa shape index (κ2) is 9.93. The summed E-state index contributed by atoms with van der Waals surface area (Å²) in [5.74, 6) is -0.413. The molecule has 0 radical (unpaired) electrons. The molecule has 4 aromatic rings. The molecule has 4 heterocycles. The van der Waals surface area contributed by atoms with Gasteiger partial charge in [-0.1, -0.05) is 50.6 Å². The van der Waals surface area contributed by atoms with Gasteiger partial charge in [-0.15, -0.1) is 0 Å². The number of piperazine rings is 1. The average Bonchev–Trinajstić information content (AvgIpc) is 3.31. The number of hydrogen-bond donors (Lipinski definition) is 1. The number of carbonyl (C=O) groups is 2. The number of rotatable bonds is 4. The first-order chi connectivity index (χ1) is 18.7. The van der Waals surface area contributed by atoms with Gasteiger partial charge in [-0.3, -0.25) is 4.79 Å². The molecular weight excluding hydrogens is 528 g/mol. The van der Waals surface area contributed by atoms with Crippen LogP contribution in [-0.2, 0) is 5.41 Å². The van der Waals surface area contributed by atoms with Crippen molar-refractivity contribution in [1.29, 1.82) is 0 Å². The first-order valence-corrected chi connectivity index (χ1v) is 13.6. The van der Waals surface area contributed by atoms with Gasteiger partial charge in [-0.05, 0) is 56.0 Å². The summed E-state index contributed by atoms with van der Waals surface area (Å²) in [7, 11) is 0. The molecule has 208 valence electrons. The van der Waals surface area contributed by atoms with E-state index >= 15 is 0 Å². The summed E-state index contributed by atoms with van der Waals surface area (Å²) in [6.45, 7) is 13.6. The third-order valence-electron chi connectivity index (χ3n) is 7.37. The quantitative estimate of drug-likeness (QED) is 0.300. The number of pyridine rings is 2. The highest BCUT2D eigenvalue weighted by molar-refractivity contribution is 6.30. The number of hydrogen-bond acceptors (Lipinski definition) is 6. The molecule has 1 saturated heterocycles. The van der Waals surface area contributed by atoms with Crippen LogP contribution < -0.4 is 4.90 Å². The Morgan fingerprint density at radius 2 is 1.73 bits per heavy atom. The Bertz CT molecular complexity index is 1620. The van der Waals surface area contributed by atoms with Gasteiger partial charge in [0.15, 0.2) is 17.0 Å². The van der Waals surface area contributed by atoms with Gasteiger partial charge in [0.05, 0.1) is 11.2 Å². The van der Waals surface area contributed by atoms with Crippen LogP contribution >= 0.6 is 11.6 Å². The monoisotopic (exact) mass is 560 g/mol. The highest BCUT2D eigenvalue weighted by Gasteiger charge is 2.39. The SMILES string of the molecule is Cc1ccc(C(=O)O)nc1N1CCN(C(=O)c2cc3nc(-c4ccc(Cl)cc4)cc(C(C)(C)C)c3o2)C(C)(C)C1. The zero-order valence-corrected chi connectivity index (χ0v) is 24.3. The Kier molecular flexibility index (Phi) is 6.86. The molecule has 0 saturated carbocycles. The number of aromatic nitrogens is 2. The minimum absolute atomic E-state index is 0.000639. The summed E-state index contributed by atoms with van der Waals surface area (Å²) < 4.78 is 6.25. The lowest BCUT2D eigenvalue weighted by Gasteiger charge is -2.47. The smallest absolute Gasteiger partial charge is 0.354 e. The second-order valence-corrected chi connectivity index (χ2v) is 12.4. The standard InChI is InChI=1S/C31H33ClN4O4/c1-18-7-12-22(29(38)39)34-27(18)35-13-14-36(31(5,6)17-35)28(37)25-16-24-26(40-25)21(30(2,3)4)15-23(33-24)19-8-10-20(32)11-9-19/h7-12,15-16H,13-14,17H2,1-6H3,(H,38,39). The Balaban J connectivity index is 1.47. The molecule has 0 unspecified atom stereocenters. The number of amides is 1. The Hall–Kier alpha value is -3.91. The van der Waals surface area contributed by atoms with Crippen LogP contribution in [0.15, 0.2) is 52.9 Å². The minimum Gasteiger partial charge on any atom is -0.477 e. The van der Waals surface area contributed by atoms with Crippen molar-refractivity contribution in [2.75, 3.05) is 24.5 Å². The number of furan rings is 1. The van der Waals surface area contributed by atoms with Gasteiger partial charge >= 0.3 is 5.97 Å². The predicted octanol–water partition coefficient (Wildman–Crippen LogP) is 6.59. The van der Waals surface area contributed by atoms with Crippen molar-refractivity contribution in [2.24, 2.45) is 0 Å². The van der Waals surface area contributed by atoms with Gasteiger partial charge in [0.25, 0.3) is 5.91 Å². The lowest BCUT2D eigenvalue weighted by molar-refractivity contribution is 0.0483. The fourth-order valence-electron chi connectivity index (χ4n) is 5.26. The van der Waals surface area contributed by atoms with E-state index in [1.54, 1.807) is 12.1 Å². The molecule has 0 aliphatic carbocycles. The number of fused-ring (bicyclic) bond motifs is 1. The van der Waals surface area contributed by atoms with Crippen molar-refractivity contribution in [3.05, 3.63) is 76.1 Å². The molecule has 40 heavy (non-hydrogen) atoms. The third kappa shape index (κ3) is 5.16. The normalized spacial score (nSPS) is 15.5. The molecule has 5 rings (SSSR count). The highest BCUT2D eigenvalue weighted by Crippen LogP contribution is 2.36. The molecule has 1 amide bonds. The molecule has 1 N–H and O–H groups in total. The summed E-state index contributed by atoms with van der Waals surface area (Å²) >= 11 is 6.10. The Morgan fingerprint density at radius 3 is 2.35 bits per heavy atom. The molecule has 0 spiro atoms. The van der Waals surface area contributed by atoms with Gasteiger partial charge < -0.3 is 19.3 Å². The maximum absolute atomic E-state index is 13.9. The van der Waals surface area contributed by atoms with E-state index in [9.17, 15) is 14.7 Å². The van der Waals surface area contributed by atoms with Gasteiger partial charge in [-0.2, -0.15) is 0 Å². The molecule has 3 aromatic heterocycles. The van der Waals surface area contributed by atoms with Crippen molar-refractivity contribution in [3.8, 4) is 11.3 Å². The van der Waals surface area contributed by atoms with Gasteiger partial charge in [0, 0.05) is 41.9 Å². The van der Waals surface area contributed by atoms with Crippen LogP contribution in [0.1, 0.15) is 66.8 Å². The van der Waals surface area contributed by atoms with Crippen LogP contribution in [0.3, 0.4) is 0 Å². The fraction of sp³-hybridized carbons (Fsp3) is 0.355. The van der Waals surface area contributed by atoms with E-state index in [1.807, 2.05) is 60.9 Å². The van der Waals surface area contributed by atoms with E-state index in [0.717, 1.165) is 22.4 Å². The van der Waals surface area contributed by atoms with Gasteiger partial charge in [0.1, 0.15) is 11.3 Å². The number of anilines is 1. The first kappa shape index (κ1) is 27.6. The van der Waals surface area contributed by atoms with Crippen molar-refractivity contribution in [1.82, 2.24) is 14.9 Å². The molecule has 0 atom stereocenters. The van der Waals surface area contributed by atoms with Crippen molar-refractivity contribution in [3.63, 3.8) is 0 Å². The van der Waals surface area contributed by atoms with Crippen LogP contribution in [0.25, 0.3) is 22.4 Å². The zero-order valence-electron chi connectivity index (χ0n) is 23.6. The number of carbonyl (C=O) groups excluding carboxylic acids is 1. The summed E-state index contributed by atoms with van der Waals surface area (Å²) in [5.41, 5.74) is 3.97. The fourth-order valence-corrected chi connectivity index (χ4v) is 5.38. The number of carboxylic acid groups (broad SMARTS) is 1. The number of aryl methyl sites for hydroxylation is 1. The lowest BCUT2D eigenvalue weighted by Crippen LogP contribution is -2.61. The second-order valence-electron chi connectivity index (χ2n) is 12.0. The van der Waals surface area contributed by atoms with E-state index in [0.29, 0.717) is 41.6 Å². The number of halogens is 1. The maximum Gasteiger partial charge on any atom is 0.354 e. The zero-order chi connectivity index (χ0) is 29.0. The summed E-state index contributed by atoms with van der Waals surface area (Å²) in [4.78, 5) is 38.4. The van der Waals surface area contributed by atoms with Crippen LogP contribution in [0.5, 0.6) is 0 Å². The lowest BCUT2D eigenvalue weighted by atomic mass is 9.86. The molecule has 1 aliphatic heterocycles. The predicted molar refractivity (Wildman–Crippen MR) is 156 cm³/mol. The number of carboxylic acids is 1. The molecule has 0 bridgehead atoms. The van der Waals surface area contributed by atoms with E-state index in [-0.39, 0.29) is 22.8 Å². The van der Waals surface area contributed by atoms with Crippen LogP contribution in [0.2, 0.25) is 5.02 Å². The molecule has 8 nitrogen and oxygen atoms in total. The van der Waals surface area contributed by atoms with Gasteiger partial charge in [-0.25, -0.2) is 14.8 Å². The molecule has 1 aliphatic rings. The summed E-state index contributed by atoms with van der Waals surface area (Å²) in [5, 5.41) is 10.1. The van der Waals surface area contributed by atoms with Crippen LogP contribution in [0.4, 0.5) is 5.82 Å². The molecule has 1 aromatic carbocycles. The summed E-state index contributed by atoms with van der Waals surface area (Å²) in [6.07, 6.45) is 0. The van der Waals surface area contributed by atoms with Crippen LogP contribution in [-0.4, -0.2) is 57.0 Å². The minimum atomic E-state index is -1.07. The average molecular weight is 561 g/mol. The van der Waals surface area contributed by atoms with E-state index < -0.39 is 11.5 Å². The van der Waals surface area contributed by atoms with E-state index in [4.69, 9.17) is 21.0 Å². The first-order valence-electron chi connectivity index (χ1n) is 13.2. The molecule has 1 fully saturated rings. The van der Waals surface area contributed by atoms with Crippen molar-refractivity contribution < 1.29 is 19.1 Å². The van der Waals surface area contributed by atoms with Crippen LogP contribution in [0, 0.1) is 6.92 Å². The third-order valence-corrected chi connectivity index (χ3v) is 7.63. The Morgan fingerprint density at radius 1 is 1.02 bits per heavy atom. The summed E-state index contributed by atoms with van der Waals surface area (Å²) in [6, 6.07) is 14.6. The number of nitrogens with zero attached hydrogens (tertiary/aromatic N) is 4. The number of benzene rings is 1. The maximum atomic E-state index is 13.9. The topological polar surface area (TPSA) is 99.8 Å². The number of aromatic carboxylic acids is 1. The Labute approximate surface area is 238 Å². The van der Waals surface area contributed by atoms with E-state index in [2.05, 4.69) is 25.8 Å². The molecular formula is C31H33ClN4O4. The van der Waals surface area contributed by atoms with E-state index in [1.165, 1.54) is 6.07 Å². The molecule has 9 heteroatoms. The van der Waals surface area contributed by atoms with Gasteiger partial charge in [0.2, 0.25) is 0 Å².